The van der Waals surface area contributed by atoms with Crippen LogP contribution in [0.3, 0.4) is 0 Å². The Kier molecular flexibility index (Phi) is 8.68. The van der Waals surface area contributed by atoms with Crippen LogP contribution >= 0.6 is 0 Å². The summed E-state index contributed by atoms with van der Waals surface area (Å²) >= 11 is 0. The predicted molar refractivity (Wildman–Crippen MR) is 36.0 cm³/mol. The van der Waals surface area contributed by atoms with Gasteiger partial charge >= 0.3 is 10.4 Å². The lowest BCUT2D eigenvalue weighted by molar-refractivity contribution is 0.223. The van der Waals surface area contributed by atoms with Crippen molar-refractivity contribution in [3.63, 3.8) is 0 Å². The maximum Gasteiger partial charge on any atom is 0.394 e. The summed E-state index contributed by atoms with van der Waals surface area (Å²) in [6, 6.07) is 0. The summed E-state index contributed by atoms with van der Waals surface area (Å²) in [4.78, 5) is 0. The molecular weight excluding hydrogens is 160 g/mol. The van der Waals surface area contributed by atoms with Gasteiger partial charge in [0.05, 0.1) is 0 Å². The zero-order chi connectivity index (χ0) is 8.62. The molecule has 0 heterocycles. The van der Waals surface area contributed by atoms with Crippen LogP contribution in [0.4, 0.5) is 0 Å². The van der Waals surface area contributed by atoms with Crippen molar-refractivity contribution in [2.24, 2.45) is 0 Å². The average molecular weight is 171 g/mol. The highest BCUT2D eigenvalue weighted by Crippen LogP contribution is 1.68. The molecule has 0 saturated carbocycles. The molecule has 6 heteroatoms. The van der Waals surface area contributed by atoms with E-state index in [0.29, 0.717) is 0 Å². The number of hydrogen-bond acceptors (Lipinski definition) is 3. The van der Waals surface area contributed by atoms with Gasteiger partial charge in [-0.15, -0.1) is 0 Å². The van der Waals surface area contributed by atoms with Crippen LogP contribution in [-0.2, 0) is 15.1 Å². The second kappa shape index (κ2) is 6.94. The van der Waals surface area contributed by atoms with Gasteiger partial charge in [-0.05, 0) is 6.42 Å². The molecule has 0 aromatic rings. The Hall–Kier alpha value is -0.170. The van der Waals surface area contributed by atoms with E-state index in [2.05, 4.69) is 4.74 Å². The van der Waals surface area contributed by atoms with Gasteiger partial charge in [0.25, 0.3) is 0 Å². The summed E-state index contributed by atoms with van der Waals surface area (Å²) in [5.74, 6) is 0. The SMILES string of the molecule is C[CH]COC.O=S(=O)(O)O. The first-order valence-electron chi connectivity index (χ1n) is 2.38. The molecule has 1 radical (unpaired) electrons. The first-order chi connectivity index (χ1) is 4.41. The quantitative estimate of drug-likeness (QED) is 0.580. The molecule has 0 saturated heterocycles. The van der Waals surface area contributed by atoms with Crippen molar-refractivity contribution in [2.75, 3.05) is 13.7 Å². The second-order valence-electron chi connectivity index (χ2n) is 1.31. The largest absolute Gasteiger partial charge is 0.394 e. The summed E-state index contributed by atoms with van der Waals surface area (Å²) in [5, 5.41) is 0. The minimum atomic E-state index is -4.67. The Bertz CT molecular complexity index is 128. The van der Waals surface area contributed by atoms with Gasteiger partial charge in [-0.3, -0.25) is 9.11 Å². The molecule has 0 aliphatic rings. The molecule has 0 bridgehead atoms. The highest BCUT2D eigenvalue weighted by Gasteiger charge is 1.84. The molecular formula is C4H11O5S. The normalized spacial score (nSPS) is 10.0. The molecule has 0 aliphatic heterocycles. The maximum atomic E-state index is 8.74. The average Bonchev–Trinajstić information content (AvgIpc) is 1.63. The van der Waals surface area contributed by atoms with E-state index >= 15 is 0 Å². The Labute approximate surface area is 60.6 Å². The minimum Gasteiger partial charge on any atom is -0.384 e. The molecule has 0 rings (SSSR count). The summed E-state index contributed by atoms with van der Waals surface area (Å²) < 4.78 is 36.2. The molecule has 10 heavy (non-hydrogen) atoms. The van der Waals surface area contributed by atoms with Crippen molar-refractivity contribution in [1.29, 1.82) is 0 Å². The molecule has 63 valence electrons. The van der Waals surface area contributed by atoms with Crippen LogP contribution in [0, 0.1) is 6.42 Å². The van der Waals surface area contributed by atoms with E-state index in [0.717, 1.165) is 6.61 Å². The first kappa shape index (κ1) is 12.5. The van der Waals surface area contributed by atoms with Gasteiger partial charge < -0.3 is 4.74 Å². The molecule has 5 nitrogen and oxygen atoms in total. The van der Waals surface area contributed by atoms with E-state index < -0.39 is 10.4 Å². The molecule has 2 N–H and O–H groups in total. The van der Waals surface area contributed by atoms with Crippen molar-refractivity contribution >= 4 is 10.4 Å². The van der Waals surface area contributed by atoms with Crippen LogP contribution in [0.2, 0.25) is 0 Å². The fourth-order valence-electron chi connectivity index (χ4n) is 0.167. The Balaban J connectivity index is 0. The molecule has 0 unspecified atom stereocenters. The lowest BCUT2D eigenvalue weighted by Crippen LogP contribution is -1.89. The van der Waals surface area contributed by atoms with E-state index in [1.54, 1.807) is 7.11 Å². The summed E-state index contributed by atoms with van der Waals surface area (Å²) in [7, 11) is -2.99. The highest BCUT2D eigenvalue weighted by atomic mass is 32.3. The van der Waals surface area contributed by atoms with Crippen molar-refractivity contribution in [3.8, 4) is 0 Å². The van der Waals surface area contributed by atoms with E-state index in [4.69, 9.17) is 17.5 Å². The van der Waals surface area contributed by atoms with E-state index in [9.17, 15) is 0 Å². The van der Waals surface area contributed by atoms with E-state index in [1.807, 2.05) is 13.3 Å². The zero-order valence-electron chi connectivity index (χ0n) is 5.81. The van der Waals surface area contributed by atoms with Gasteiger partial charge in [0.2, 0.25) is 0 Å². The van der Waals surface area contributed by atoms with Gasteiger partial charge in [0.1, 0.15) is 0 Å². The zero-order valence-corrected chi connectivity index (χ0v) is 6.63. The molecule has 0 spiro atoms. The van der Waals surface area contributed by atoms with Crippen molar-refractivity contribution in [2.45, 2.75) is 6.92 Å². The van der Waals surface area contributed by atoms with Gasteiger partial charge in [0, 0.05) is 13.7 Å². The van der Waals surface area contributed by atoms with Crippen LogP contribution in [0.15, 0.2) is 0 Å². The molecule has 0 aromatic heterocycles. The third kappa shape index (κ3) is 109. The van der Waals surface area contributed by atoms with Gasteiger partial charge in [0.15, 0.2) is 0 Å². The van der Waals surface area contributed by atoms with Crippen LogP contribution in [-0.4, -0.2) is 31.2 Å². The monoisotopic (exact) mass is 171 g/mol. The standard InChI is InChI=1S/C4H9O.H2O4S/c1-3-4-5-2;1-5(2,3)4/h3H,4H2,1-2H3;(H2,1,2,3,4). The van der Waals surface area contributed by atoms with Crippen molar-refractivity contribution in [3.05, 3.63) is 6.42 Å². The van der Waals surface area contributed by atoms with Gasteiger partial charge in [-0.1, -0.05) is 6.92 Å². The fraction of sp³-hybridized carbons (Fsp3) is 0.750. The van der Waals surface area contributed by atoms with Crippen LogP contribution in [0.25, 0.3) is 0 Å². The Morgan fingerprint density at radius 2 is 1.80 bits per heavy atom. The molecule has 0 aromatic carbocycles. The molecule has 0 amide bonds. The molecule has 0 fully saturated rings. The fourth-order valence-corrected chi connectivity index (χ4v) is 0.167. The summed E-state index contributed by atoms with van der Waals surface area (Å²) in [5.41, 5.74) is 0. The minimum absolute atomic E-state index is 0.764. The smallest absolute Gasteiger partial charge is 0.384 e. The third-order valence-corrected chi connectivity index (χ3v) is 0.333. The molecule has 0 atom stereocenters. The Morgan fingerprint density at radius 3 is 1.80 bits per heavy atom. The van der Waals surface area contributed by atoms with E-state index in [1.165, 1.54) is 0 Å². The number of ether oxygens (including phenoxy) is 1. The lowest BCUT2D eigenvalue weighted by atomic mass is 10.5. The van der Waals surface area contributed by atoms with Gasteiger partial charge in [-0.25, -0.2) is 0 Å². The topological polar surface area (TPSA) is 83.8 Å². The van der Waals surface area contributed by atoms with Crippen molar-refractivity contribution < 1.29 is 22.3 Å². The van der Waals surface area contributed by atoms with Crippen LogP contribution < -0.4 is 0 Å². The third-order valence-electron chi connectivity index (χ3n) is 0.333. The van der Waals surface area contributed by atoms with E-state index in [-0.39, 0.29) is 0 Å². The van der Waals surface area contributed by atoms with Gasteiger partial charge in [-0.2, -0.15) is 8.42 Å². The number of rotatable bonds is 2. The summed E-state index contributed by atoms with van der Waals surface area (Å²) in [6.07, 6.45) is 1.96. The second-order valence-corrected chi connectivity index (χ2v) is 2.21. The highest BCUT2D eigenvalue weighted by molar-refractivity contribution is 7.79. The Morgan fingerprint density at radius 1 is 1.50 bits per heavy atom. The summed E-state index contributed by atoms with van der Waals surface area (Å²) in [6.45, 7) is 2.73. The molecule has 0 aliphatic carbocycles. The lowest BCUT2D eigenvalue weighted by Gasteiger charge is -1.84. The number of methoxy groups -OCH3 is 1. The number of hydrogen-bond donors (Lipinski definition) is 2. The maximum absolute atomic E-state index is 8.74. The first-order valence-corrected chi connectivity index (χ1v) is 3.78. The van der Waals surface area contributed by atoms with Crippen LogP contribution in [0.5, 0.6) is 0 Å². The van der Waals surface area contributed by atoms with Crippen LogP contribution in [0.1, 0.15) is 6.92 Å². The van der Waals surface area contributed by atoms with Crippen molar-refractivity contribution in [1.82, 2.24) is 0 Å². The predicted octanol–water partition coefficient (Wildman–Crippen LogP) is 0.204.